The van der Waals surface area contributed by atoms with E-state index in [0.717, 1.165) is 0 Å². The molecule has 0 spiro atoms. The minimum absolute atomic E-state index is 0.124. The normalized spacial score (nSPS) is 17.5. The third kappa shape index (κ3) is 1.17. The largest absolute Gasteiger partial charge is 0.260 e. The van der Waals surface area contributed by atoms with E-state index in [9.17, 15) is 0 Å². The molecule has 0 aliphatic carbocycles. The Hall–Kier alpha value is -0.620. The van der Waals surface area contributed by atoms with Crippen LogP contribution in [0.15, 0.2) is 20.5 Å². The Morgan fingerprint density at radius 3 is 1.25 bits per heavy atom. The molecule has 0 N–H and O–H groups in total. The summed E-state index contributed by atoms with van der Waals surface area (Å²) in [7, 11) is 0. The van der Waals surface area contributed by atoms with Gasteiger partial charge in [0.1, 0.15) is 0 Å². The summed E-state index contributed by atoms with van der Waals surface area (Å²) >= 11 is 8.96. The van der Waals surface area contributed by atoms with Crippen molar-refractivity contribution in [3.05, 3.63) is 0 Å². The maximum Gasteiger partial charge on any atom is 0.260 e. The molecule has 0 radical (unpaired) electrons. The van der Waals surface area contributed by atoms with E-state index in [4.69, 9.17) is 0 Å². The molecule has 1 rings (SSSR count). The van der Waals surface area contributed by atoms with E-state index in [2.05, 4.69) is 44.9 Å². The zero-order valence-corrected chi connectivity index (χ0v) is 5.24. The molecule has 0 unspecified atom stereocenters. The first-order valence-electron chi connectivity index (χ1n) is 1.70. The van der Waals surface area contributed by atoms with Crippen LogP contribution in [-0.4, -0.2) is 10.2 Å². The zero-order chi connectivity index (χ0) is 5.98. The lowest BCUT2D eigenvalue weighted by molar-refractivity contribution is 1.19. The van der Waals surface area contributed by atoms with Crippen molar-refractivity contribution in [2.24, 2.45) is 20.5 Å². The van der Waals surface area contributed by atoms with Gasteiger partial charge in [0.25, 0.3) is 10.2 Å². The van der Waals surface area contributed by atoms with Crippen molar-refractivity contribution >= 4 is 34.7 Å². The molecule has 1 aliphatic heterocycles. The van der Waals surface area contributed by atoms with Crippen molar-refractivity contribution in [2.45, 2.75) is 0 Å². The SMILES string of the molecule is S=C1N=NC(=S)N=N1. The van der Waals surface area contributed by atoms with E-state index in [0.29, 0.717) is 0 Å². The summed E-state index contributed by atoms with van der Waals surface area (Å²) in [4.78, 5) is 0. The van der Waals surface area contributed by atoms with Gasteiger partial charge in [0.2, 0.25) is 0 Å². The molecule has 0 atom stereocenters. The molecule has 0 fully saturated rings. The molecule has 0 aromatic rings. The molecule has 0 saturated carbocycles. The van der Waals surface area contributed by atoms with E-state index < -0.39 is 0 Å². The molecular weight excluding hydrogens is 144 g/mol. The van der Waals surface area contributed by atoms with E-state index in [1.54, 1.807) is 0 Å². The van der Waals surface area contributed by atoms with Gasteiger partial charge in [0.15, 0.2) is 0 Å². The Bertz CT molecular complexity index is 154. The Labute approximate surface area is 55.7 Å². The molecule has 0 aromatic carbocycles. The van der Waals surface area contributed by atoms with Crippen LogP contribution in [0.25, 0.3) is 0 Å². The molecule has 0 amide bonds. The van der Waals surface area contributed by atoms with Gasteiger partial charge in [-0.25, -0.2) is 0 Å². The quantitative estimate of drug-likeness (QED) is 0.483. The summed E-state index contributed by atoms with van der Waals surface area (Å²) in [6.45, 7) is 0. The lowest BCUT2D eigenvalue weighted by atomic mass is 11.1. The topological polar surface area (TPSA) is 49.4 Å². The Morgan fingerprint density at radius 2 is 1.00 bits per heavy atom. The number of hydrogen-bond acceptors (Lipinski definition) is 2. The highest BCUT2D eigenvalue weighted by atomic mass is 32.1. The van der Waals surface area contributed by atoms with Crippen LogP contribution in [0.5, 0.6) is 0 Å². The van der Waals surface area contributed by atoms with Crippen molar-refractivity contribution in [1.82, 2.24) is 0 Å². The van der Waals surface area contributed by atoms with Gasteiger partial charge in [0, 0.05) is 0 Å². The average molecular weight is 144 g/mol. The standard InChI is InChI=1S/C2N4S2/c7-1-3-5-2(8)6-4-1. The van der Waals surface area contributed by atoms with Gasteiger partial charge in [-0.3, -0.25) is 0 Å². The van der Waals surface area contributed by atoms with E-state index in [1.165, 1.54) is 0 Å². The van der Waals surface area contributed by atoms with Gasteiger partial charge in [-0.15, -0.1) is 20.5 Å². The summed E-state index contributed by atoms with van der Waals surface area (Å²) in [6, 6.07) is 0. The van der Waals surface area contributed by atoms with Crippen LogP contribution >= 0.6 is 24.4 Å². The number of nitrogens with zero attached hydrogens (tertiary/aromatic N) is 4. The van der Waals surface area contributed by atoms with Crippen molar-refractivity contribution in [2.75, 3.05) is 0 Å². The first-order valence-corrected chi connectivity index (χ1v) is 2.52. The minimum Gasteiger partial charge on any atom is -0.113 e. The van der Waals surface area contributed by atoms with Crippen LogP contribution in [0.2, 0.25) is 0 Å². The van der Waals surface area contributed by atoms with Gasteiger partial charge >= 0.3 is 0 Å². The predicted molar refractivity (Wildman–Crippen MR) is 34.9 cm³/mol. The fourth-order valence-electron chi connectivity index (χ4n) is 0.211. The van der Waals surface area contributed by atoms with E-state index >= 15 is 0 Å². The number of rotatable bonds is 0. The maximum atomic E-state index is 4.48. The third-order valence-electron chi connectivity index (χ3n) is 0.442. The fraction of sp³-hybridized carbons (Fsp3) is 0. The molecule has 1 heterocycles. The Kier molecular flexibility index (Phi) is 1.45. The Morgan fingerprint density at radius 1 is 0.750 bits per heavy atom. The second kappa shape index (κ2) is 2.10. The van der Waals surface area contributed by atoms with Gasteiger partial charge in [-0.2, -0.15) is 0 Å². The summed E-state index contributed by atoms with van der Waals surface area (Å²) in [5.74, 6) is 0. The molecule has 0 bridgehead atoms. The van der Waals surface area contributed by atoms with Crippen LogP contribution in [-0.2, 0) is 0 Å². The second-order valence-corrected chi connectivity index (χ2v) is 1.70. The molecule has 8 heavy (non-hydrogen) atoms. The smallest absolute Gasteiger partial charge is 0.113 e. The molecule has 0 saturated heterocycles. The molecule has 0 aromatic heterocycles. The second-order valence-electron chi connectivity index (χ2n) is 0.965. The Balaban J connectivity index is 2.83. The summed E-state index contributed by atoms with van der Waals surface area (Å²) in [5, 5.41) is 13.7. The van der Waals surface area contributed by atoms with Gasteiger partial charge in [-0.05, 0) is 24.4 Å². The molecule has 6 heteroatoms. The van der Waals surface area contributed by atoms with Gasteiger partial charge in [-0.1, -0.05) is 0 Å². The lowest BCUT2D eigenvalue weighted by Crippen LogP contribution is -1.91. The highest BCUT2D eigenvalue weighted by Gasteiger charge is 1.97. The minimum atomic E-state index is 0.124. The number of azo groups is 2. The monoisotopic (exact) mass is 144 g/mol. The highest BCUT2D eigenvalue weighted by molar-refractivity contribution is 7.80. The lowest BCUT2D eigenvalue weighted by Gasteiger charge is -1.89. The summed E-state index contributed by atoms with van der Waals surface area (Å²) < 4.78 is 0. The average Bonchev–Trinajstić information content (AvgIpc) is 1.77. The zero-order valence-electron chi connectivity index (χ0n) is 3.61. The van der Waals surface area contributed by atoms with Crippen LogP contribution in [0.4, 0.5) is 0 Å². The highest BCUT2D eigenvalue weighted by Crippen LogP contribution is 1.97. The van der Waals surface area contributed by atoms with Crippen molar-refractivity contribution in [1.29, 1.82) is 0 Å². The van der Waals surface area contributed by atoms with E-state index in [-0.39, 0.29) is 10.2 Å². The first-order chi connectivity index (χ1) is 3.79. The summed E-state index contributed by atoms with van der Waals surface area (Å²) in [6.07, 6.45) is 0. The van der Waals surface area contributed by atoms with Gasteiger partial charge < -0.3 is 0 Å². The van der Waals surface area contributed by atoms with Crippen molar-refractivity contribution in [3.8, 4) is 0 Å². The van der Waals surface area contributed by atoms with Gasteiger partial charge in [0.05, 0.1) is 0 Å². The molecule has 1 aliphatic rings. The third-order valence-corrected chi connectivity index (χ3v) is 0.769. The molecule has 4 nitrogen and oxygen atoms in total. The fourth-order valence-corrected chi connectivity index (χ4v) is 0.374. The van der Waals surface area contributed by atoms with Crippen LogP contribution in [0.1, 0.15) is 0 Å². The van der Waals surface area contributed by atoms with E-state index in [1.807, 2.05) is 0 Å². The van der Waals surface area contributed by atoms with Crippen LogP contribution in [0, 0.1) is 0 Å². The molecular formula is C2N4S2. The van der Waals surface area contributed by atoms with Crippen molar-refractivity contribution < 1.29 is 0 Å². The summed E-state index contributed by atoms with van der Waals surface area (Å²) in [5.41, 5.74) is 0. The predicted octanol–water partition coefficient (Wildman–Crippen LogP) is 1.47. The van der Waals surface area contributed by atoms with Crippen LogP contribution in [0.3, 0.4) is 0 Å². The van der Waals surface area contributed by atoms with Crippen molar-refractivity contribution in [3.63, 3.8) is 0 Å². The maximum absolute atomic E-state index is 4.48. The number of hydrogen-bond donors (Lipinski definition) is 0. The molecule has 40 valence electrons. The van der Waals surface area contributed by atoms with Crippen LogP contribution < -0.4 is 0 Å². The number of thiocarbonyl (C=S) groups is 2. The first kappa shape index (κ1) is 5.52.